The fourth-order valence-electron chi connectivity index (χ4n) is 5.62. The number of carbonyl (C=O) groups excluding carboxylic acids is 2. The minimum atomic E-state index is -3.62. The third kappa shape index (κ3) is 8.34. The van der Waals surface area contributed by atoms with Crippen molar-refractivity contribution in [2.24, 2.45) is 0 Å². The summed E-state index contributed by atoms with van der Waals surface area (Å²) in [5.41, 5.74) is 5.72. The third-order valence-corrected chi connectivity index (χ3v) is 15.6. The number of benzene rings is 2. The lowest BCUT2D eigenvalue weighted by molar-refractivity contribution is 0.0706. The number of piperazine rings is 2. The lowest BCUT2D eigenvalue weighted by atomic mass is 10.2. The minimum absolute atomic E-state index is 0.201. The first-order valence-electron chi connectivity index (χ1n) is 16.0. The highest BCUT2D eigenvalue weighted by Gasteiger charge is 2.32. The number of halogens is 1. The van der Waals surface area contributed by atoms with Crippen LogP contribution in [0.5, 0.6) is 0 Å². The van der Waals surface area contributed by atoms with E-state index in [2.05, 4.69) is 18.7 Å². The van der Waals surface area contributed by atoms with Crippen LogP contribution in [0.1, 0.15) is 30.5 Å². The molecule has 0 bridgehead atoms. The smallest absolute Gasteiger partial charge is 0.286 e. The van der Waals surface area contributed by atoms with Crippen molar-refractivity contribution < 1.29 is 36.8 Å². The molecule has 5 heterocycles. The molecule has 0 atom stereocenters. The average Bonchev–Trinajstić information content (AvgIpc) is 3.98. The van der Waals surface area contributed by atoms with Crippen molar-refractivity contribution in [3.8, 4) is 0 Å². The highest BCUT2D eigenvalue weighted by molar-refractivity contribution is 7.89. The van der Waals surface area contributed by atoms with Gasteiger partial charge in [-0.2, -0.15) is 17.4 Å². The summed E-state index contributed by atoms with van der Waals surface area (Å²) in [5, 5.41) is 19.1. The maximum absolute atomic E-state index is 13.0. The molecule has 288 valence electrons. The van der Waals surface area contributed by atoms with Gasteiger partial charge in [-0.3, -0.25) is 20.0 Å². The highest BCUT2D eigenvalue weighted by atomic mass is 35.5. The Morgan fingerprint density at radius 2 is 1.20 bits per heavy atom. The van der Waals surface area contributed by atoms with Gasteiger partial charge in [0, 0.05) is 57.4 Å². The van der Waals surface area contributed by atoms with Gasteiger partial charge in [-0.15, -0.1) is 0 Å². The number of amides is 2. The van der Waals surface area contributed by atoms with E-state index < -0.39 is 31.9 Å². The van der Waals surface area contributed by atoms with E-state index in [0.717, 1.165) is 40.0 Å². The van der Waals surface area contributed by atoms with Gasteiger partial charge in [0.1, 0.15) is 20.8 Å². The first-order valence-corrected chi connectivity index (χ1v) is 21.6. The van der Waals surface area contributed by atoms with Crippen LogP contribution < -0.4 is 20.8 Å². The molecule has 7 rings (SSSR count). The SMILES string of the molecule is Cc1cc(S(=O)(=O)N2CCN(c3ncc(C(=O)NO)s3)CC2)c(C)cc1Cl.O=C(NO)c1cnc(N2CCN(S(=O)(=O)c3ccc4nsnc4c3)CC2)s1. The number of fused-ring (bicyclic) bond motifs is 1. The van der Waals surface area contributed by atoms with E-state index in [-0.39, 0.29) is 19.5 Å². The van der Waals surface area contributed by atoms with E-state index in [1.54, 1.807) is 55.1 Å². The number of hydrogen-bond donors (Lipinski definition) is 4. The molecule has 18 nitrogen and oxygen atoms in total. The van der Waals surface area contributed by atoms with Crippen LogP contribution in [0, 0.1) is 13.8 Å². The predicted octanol–water partition coefficient (Wildman–Crippen LogP) is 2.82. The Balaban J connectivity index is 0.000000184. The van der Waals surface area contributed by atoms with Gasteiger partial charge in [0.25, 0.3) is 11.8 Å². The molecule has 2 aliphatic heterocycles. The van der Waals surface area contributed by atoms with Gasteiger partial charge >= 0.3 is 0 Å². The van der Waals surface area contributed by atoms with Crippen LogP contribution in [-0.2, 0) is 20.0 Å². The summed E-state index contributed by atoms with van der Waals surface area (Å²) in [6.45, 7) is 6.56. The topological polar surface area (TPSA) is 231 Å². The van der Waals surface area contributed by atoms with Crippen LogP contribution in [0.4, 0.5) is 10.3 Å². The first kappa shape index (κ1) is 39.8. The summed E-state index contributed by atoms with van der Waals surface area (Å²) < 4.78 is 62.9. The number of anilines is 2. The number of rotatable bonds is 8. The molecule has 24 heteroatoms. The molecule has 2 saturated heterocycles. The van der Waals surface area contributed by atoms with E-state index in [9.17, 15) is 26.4 Å². The van der Waals surface area contributed by atoms with Crippen molar-refractivity contribution in [3.05, 3.63) is 68.6 Å². The van der Waals surface area contributed by atoms with Crippen molar-refractivity contribution in [2.75, 3.05) is 62.2 Å². The normalized spacial score (nSPS) is 15.9. The summed E-state index contributed by atoms with van der Waals surface area (Å²) in [6.07, 6.45) is 2.76. The number of carbonyl (C=O) groups is 2. The zero-order chi connectivity index (χ0) is 38.8. The minimum Gasteiger partial charge on any atom is -0.345 e. The monoisotopic (exact) mass is 856 g/mol. The van der Waals surface area contributed by atoms with Crippen LogP contribution >= 0.6 is 46.0 Å². The van der Waals surface area contributed by atoms with Crippen molar-refractivity contribution in [1.29, 1.82) is 0 Å². The predicted molar refractivity (Wildman–Crippen MR) is 203 cm³/mol. The van der Waals surface area contributed by atoms with E-state index in [1.807, 2.05) is 9.80 Å². The second kappa shape index (κ2) is 16.4. The average molecular weight is 857 g/mol. The van der Waals surface area contributed by atoms with Gasteiger partial charge in [0.05, 0.1) is 33.9 Å². The number of aromatic nitrogens is 4. The molecule has 2 aromatic carbocycles. The number of nitrogens with zero attached hydrogens (tertiary/aromatic N) is 8. The molecule has 2 amide bonds. The van der Waals surface area contributed by atoms with Gasteiger partial charge < -0.3 is 9.80 Å². The molecule has 0 unspecified atom stereocenters. The van der Waals surface area contributed by atoms with Crippen LogP contribution in [0.15, 0.2) is 52.5 Å². The zero-order valence-electron chi connectivity index (χ0n) is 28.5. The zero-order valence-corrected chi connectivity index (χ0v) is 33.4. The second-order valence-corrected chi connectivity index (χ2v) is 18.8. The lowest BCUT2D eigenvalue weighted by Gasteiger charge is -2.34. The lowest BCUT2D eigenvalue weighted by Crippen LogP contribution is -2.48. The van der Waals surface area contributed by atoms with Crippen LogP contribution in [0.25, 0.3) is 11.0 Å². The second-order valence-electron chi connectivity index (χ2n) is 12.0. The van der Waals surface area contributed by atoms with E-state index in [4.69, 9.17) is 22.0 Å². The molecule has 0 saturated carbocycles. The van der Waals surface area contributed by atoms with Crippen molar-refractivity contribution >= 4 is 99.2 Å². The molecule has 2 aliphatic rings. The first-order chi connectivity index (χ1) is 25.7. The Hall–Kier alpha value is -3.91. The summed E-state index contributed by atoms with van der Waals surface area (Å²) >= 11 is 9.41. The summed E-state index contributed by atoms with van der Waals surface area (Å²) in [7, 11) is -7.24. The Morgan fingerprint density at radius 1 is 0.704 bits per heavy atom. The summed E-state index contributed by atoms with van der Waals surface area (Å²) in [5.74, 6) is -1.24. The van der Waals surface area contributed by atoms with E-state index in [1.165, 1.54) is 21.0 Å². The fraction of sp³-hybridized carbons (Fsp3) is 0.333. The molecule has 5 aromatic rings. The maximum Gasteiger partial charge on any atom is 0.286 e. The molecule has 3 aromatic heterocycles. The van der Waals surface area contributed by atoms with Crippen molar-refractivity contribution in [1.82, 2.24) is 38.3 Å². The van der Waals surface area contributed by atoms with Gasteiger partial charge in [-0.05, 0) is 55.3 Å². The van der Waals surface area contributed by atoms with Gasteiger partial charge in [-0.25, -0.2) is 37.8 Å². The molecule has 4 N–H and O–H groups in total. The fourth-order valence-corrected chi connectivity index (χ4v) is 11.2. The number of sulfonamides is 2. The van der Waals surface area contributed by atoms with Crippen molar-refractivity contribution in [3.63, 3.8) is 0 Å². The highest BCUT2D eigenvalue weighted by Crippen LogP contribution is 2.30. The standard InChI is InChI=1S/C16H19ClN4O4S2.C14H14N6O4S3/c1-10-8-14(11(2)7-12(10)17)27(24,25)21-5-3-20(4-6-21)16-18-9-13(26-16)15(22)19-23;21-13(16-22)12-8-15-14(25-12)19-3-5-20(6-4-19)27(23,24)9-1-2-10-11(7-9)18-26-17-10/h7-9,23H,3-6H2,1-2H3,(H,19,22);1-2,7-8,22H,3-6H2,(H,16,21). The molecular weight excluding hydrogens is 824 g/mol. The number of aryl methyl sites for hydroxylation is 2. The third-order valence-electron chi connectivity index (χ3n) is 8.59. The van der Waals surface area contributed by atoms with Gasteiger partial charge in [-0.1, -0.05) is 34.3 Å². The number of hydrogen-bond acceptors (Lipinski definition) is 17. The molecular formula is C30H33ClN10O8S5. The van der Waals surface area contributed by atoms with E-state index >= 15 is 0 Å². The van der Waals surface area contributed by atoms with Crippen molar-refractivity contribution in [2.45, 2.75) is 23.6 Å². The molecule has 0 spiro atoms. The summed E-state index contributed by atoms with van der Waals surface area (Å²) in [4.78, 5) is 36.1. The maximum atomic E-state index is 13.0. The van der Waals surface area contributed by atoms with Gasteiger partial charge in [0.15, 0.2) is 10.3 Å². The van der Waals surface area contributed by atoms with Crippen LogP contribution in [0.3, 0.4) is 0 Å². The Morgan fingerprint density at radius 3 is 1.72 bits per heavy atom. The molecule has 54 heavy (non-hydrogen) atoms. The number of nitrogens with one attached hydrogen (secondary N) is 2. The number of thiazole rings is 2. The molecule has 2 fully saturated rings. The van der Waals surface area contributed by atoms with Crippen LogP contribution in [0.2, 0.25) is 5.02 Å². The quantitative estimate of drug-likeness (QED) is 0.130. The Bertz CT molecular complexity index is 2390. The van der Waals surface area contributed by atoms with Gasteiger partial charge in [0.2, 0.25) is 20.0 Å². The van der Waals surface area contributed by atoms with E-state index in [0.29, 0.717) is 84.2 Å². The Labute approximate surface area is 327 Å². The number of hydroxylamine groups is 2. The molecule has 0 aliphatic carbocycles. The largest absolute Gasteiger partial charge is 0.345 e. The Kier molecular flexibility index (Phi) is 12.1. The molecule has 0 radical (unpaired) electrons. The van der Waals surface area contributed by atoms with Crippen LogP contribution in [-0.4, -0.2) is 119 Å². The summed E-state index contributed by atoms with van der Waals surface area (Å²) in [6, 6.07) is 8.03.